The van der Waals surface area contributed by atoms with Crippen LogP contribution >= 0.6 is 11.3 Å². The summed E-state index contributed by atoms with van der Waals surface area (Å²) in [7, 11) is 1.52. The number of amides is 1. The van der Waals surface area contributed by atoms with Crippen LogP contribution in [0.1, 0.15) is 21.1 Å². The molecular formula is C13H15N3O4S. The van der Waals surface area contributed by atoms with Gasteiger partial charge in [0.2, 0.25) is 0 Å². The van der Waals surface area contributed by atoms with Gasteiger partial charge in [-0.15, -0.1) is 11.3 Å². The zero-order chi connectivity index (χ0) is 15.2. The molecule has 7 nitrogen and oxygen atoms in total. The minimum absolute atomic E-state index is 0.0692. The lowest BCUT2D eigenvalue weighted by Crippen LogP contribution is -2.29. The molecule has 0 aliphatic heterocycles. The van der Waals surface area contributed by atoms with E-state index in [1.54, 1.807) is 23.6 Å². The monoisotopic (exact) mass is 309 g/mol. The molecule has 0 bridgehead atoms. The van der Waals surface area contributed by atoms with Gasteiger partial charge in [-0.3, -0.25) is 10.2 Å². The van der Waals surface area contributed by atoms with Crippen LogP contribution in [0.15, 0.2) is 23.6 Å². The van der Waals surface area contributed by atoms with E-state index in [1.807, 2.05) is 5.43 Å². The molecule has 0 saturated heterocycles. The van der Waals surface area contributed by atoms with E-state index in [1.165, 1.54) is 18.4 Å². The van der Waals surface area contributed by atoms with Gasteiger partial charge in [-0.1, -0.05) is 6.07 Å². The number of rotatable bonds is 6. The fourth-order valence-electron chi connectivity index (χ4n) is 1.62. The molecule has 2 rings (SSSR count). The molecule has 4 N–H and O–H groups in total. The Morgan fingerprint density at radius 2 is 2.29 bits per heavy atom. The van der Waals surface area contributed by atoms with Crippen LogP contribution in [0.3, 0.4) is 0 Å². The maximum absolute atomic E-state index is 11.3. The van der Waals surface area contributed by atoms with Crippen molar-refractivity contribution in [2.75, 3.05) is 7.11 Å². The summed E-state index contributed by atoms with van der Waals surface area (Å²) in [5.41, 5.74) is 3.37. The summed E-state index contributed by atoms with van der Waals surface area (Å²) in [4.78, 5) is 15.4. The van der Waals surface area contributed by atoms with Crippen molar-refractivity contribution >= 4 is 17.2 Å². The van der Waals surface area contributed by atoms with Crippen LogP contribution in [0.5, 0.6) is 11.5 Å². The molecule has 0 aliphatic rings. The van der Waals surface area contributed by atoms with Crippen LogP contribution in [0.25, 0.3) is 0 Å². The molecular weight excluding hydrogens is 294 g/mol. The van der Waals surface area contributed by atoms with Crippen LogP contribution in [0.2, 0.25) is 0 Å². The number of hydrogen-bond acceptors (Lipinski definition) is 7. The number of methoxy groups -OCH3 is 1. The third-order valence-electron chi connectivity index (χ3n) is 2.66. The van der Waals surface area contributed by atoms with Gasteiger partial charge in [-0.2, -0.15) is 0 Å². The Balaban J connectivity index is 2.06. The fourth-order valence-corrected chi connectivity index (χ4v) is 2.32. The van der Waals surface area contributed by atoms with Crippen molar-refractivity contribution in [3.63, 3.8) is 0 Å². The van der Waals surface area contributed by atoms with Gasteiger partial charge in [-0.25, -0.2) is 10.8 Å². The number of hydrogen-bond donors (Lipinski definition) is 3. The van der Waals surface area contributed by atoms with E-state index < -0.39 is 5.91 Å². The molecule has 0 radical (unpaired) electrons. The third-order valence-corrected chi connectivity index (χ3v) is 3.55. The Bertz CT molecular complexity index is 630. The van der Waals surface area contributed by atoms with Crippen molar-refractivity contribution in [1.29, 1.82) is 0 Å². The first-order valence-corrected chi connectivity index (χ1v) is 6.91. The van der Waals surface area contributed by atoms with Crippen molar-refractivity contribution < 1.29 is 19.4 Å². The molecule has 0 spiro atoms. The average molecular weight is 309 g/mol. The number of benzene rings is 1. The van der Waals surface area contributed by atoms with Crippen LogP contribution in [0, 0.1) is 0 Å². The Morgan fingerprint density at radius 3 is 2.95 bits per heavy atom. The van der Waals surface area contributed by atoms with Crippen molar-refractivity contribution in [1.82, 2.24) is 10.4 Å². The second-order valence-electron chi connectivity index (χ2n) is 4.05. The Morgan fingerprint density at radius 1 is 1.48 bits per heavy atom. The number of carbonyl (C=O) groups excluding carboxylic acids is 1. The van der Waals surface area contributed by atoms with Gasteiger partial charge in [0.1, 0.15) is 6.61 Å². The molecule has 0 aliphatic carbocycles. The normalized spacial score (nSPS) is 10.2. The summed E-state index contributed by atoms with van der Waals surface area (Å²) < 4.78 is 10.8. The van der Waals surface area contributed by atoms with Crippen molar-refractivity contribution in [2.45, 2.75) is 13.2 Å². The van der Waals surface area contributed by atoms with Gasteiger partial charge in [0, 0.05) is 5.38 Å². The highest BCUT2D eigenvalue weighted by Gasteiger charge is 2.11. The van der Waals surface area contributed by atoms with Crippen LogP contribution < -0.4 is 20.7 Å². The number of nitrogens with two attached hydrogens (primary N) is 1. The first kappa shape index (κ1) is 15.2. The number of nitrogens with one attached hydrogen (secondary N) is 1. The summed E-state index contributed by atoms with van der Waals surface area (Å²) in [5.74, 6) is 5.67. The number of carbonyl (C=O) groups is 1. The maximum atomic E-state index is 11.3. The molecule has 1 aromatic heterocycles. The van der Waals surface area contributed by atoms with E-state index in [4.69, 9.17) is 20.4 Å². The molecule has 21 heavy (non-hydrogen) atoms. The molecule has 0 saturated carbocycles. The number of thiazole rings is 1. The van der Waals surface area contributed by atoms with E-state index in [0.29, 0.717) is 17.2 Å². The first-order valence-electron chi connectivity index (χ1n) is 6.04. The van der Waals surface area contributed by atoms with Crippen LogP contribution in [-0.4, -0.2) is 23.1 Å². The molecule has 1 heterocycles. The standard InChI is InChI=1S/C13H15N3O4S/c1-19-11-4-8(5-17)2-3-10(11)20-6-9-7-21-13(15-9)12(18)16-14/h2-4,7,17H,5-6,14H2,1H3,(H,16,18). The van der Waals surface area contributed by atoms with Gasteiger partial charge in [-0.05, 0) is 17.7 Å². The van der Waals surface area contributed by atoms with E-state index in [-0.39, 0.29) is 18.2 Å². The molecule has 8 heteroatoms. The van der Waals surface area contributed by atoms with Crippen LogP contribution in [-0.2, 0) is 13.2 Å². The fraction of sp³-hybridized carbons (Fsp3) is 0.231. The van der Waals surface area contributed by atoms with Gasteiger partial charge in [0.25, 0.3) is 5.91 Å². The second kappa shape index (κ2) is 7.02. The number of aliphatic hydroxyl groups excluding tert-OH is 1. The second-order valence-corrected chi connectivity index (χ2v) is 4.91. The predicted octanol–water partition coefficient (Wildman–Crippen LogP) is 0.827. The molecule has 112 valence electrons. The minimum atomic E-state index is -0.434. The molecule has 0 atom stereocenters. The van der Waals surface area contributed by atoms with E-state index in [0.717, 1.165) is 5.56 Å². The number of nitrogens with zero attached hydrogens (tertiary/aromatic N) is 1. The lowest BCUT2D eigenvalue weighted by molar-refractivity contribution is 0.0953. The summed E-state index contributed by atoms with van der Waals surface area (Å²) in [5, 5.41) is 11.1. The average Bonchev–Trinajstić information content (AvgIpc) is 3.00. The maximum Gasteiger partial charge on any atom is 0.294 e. The highest BCUT2D eigenvalue weighted by molar-refractivity contribution is 7.11. The largest absolute Gasteiger partial charge is 0.493 e. The SMILES string of the molecule is COc1cc(CO)ccc1OCc1csc(C(=O)NN)n1. The molecule has 2 aromatic rings. The van der Waals surface area contributed by atoms with Gasteiger partial charge in [0.15, 0.2) is 16.5 Å². The van der Waals surface area contributed by atoms with E-state index in [9.17, 15) is 4.79 Å². The summed E-state index contributed by atoms with van der Waals surface area (Å²) in [6.07, 6.45) is 0. The zero-order valence-electron chi connectivity index (χ0n) is 11.3. The zero-order valence-corrected chi connectivity index (χ0v) is 12.1. The van der Waals surface area contributed by atoms with Crippen LogP contribution in [0.4, 0.5) is 0 Å². The Hall–Kier alpha value is -2.16. The number of ether oxygens (including phenoxy) is 2. The minimum Gasteiger partial charge on any atom is -0.493 e. The summed E-state index contributed by atoms with van der Waals surface area (Å²) in [6.45, 7) is 0.128. The van der Waals surface area contributed by atoms with Crippen molar-refractivity contribution in [3.8, 4) is 11.5 Å². The lowest BCUT2D eigenvalue weighted by atomic mass is 10.2. The number of aliphatic hydroxyl groups is 1. The van der Waals surface area contributed by atoms with Crippen molar-refractivity contribution in [2.24, 2.45) is 5.84 Å². The molecule has 0 fully saturated rings. The Kier molecular flexibility index (Phi) is 5.09. The van der Waals surface area contributed by atoms with E-state index >= 15 is 0 Å². The lowest BCUT2D eigenvalue weighted by Gasteiger charge is -2.10. The quantitative estimate of drug-likeness (QED) is 0.414. The van der Waals surface area contributed by atoms with E-state index in [2.05, 4.69) is 4.98 Å². The van der Waals surface area contributed by atoms with Crippen molar-refractivity contribution in [3.05, 3.63) is 39.8 Å². The first-order chi connectivity index (χ1) is 10.2. The number of aromatic nitrogens is 1. The topological polar surface area (TPSA) is 107 Å². The molecule has 1 aromatic carbocycles. The number of nitrogen functional groups attached to an aromatic ring is 1. The van der Waals surface area contributed by atoms with Gasteiger partial charge < -0.3 is 14.6 Å². The van der Waals surface area contributed by atoms with Gasteiger partial charge in [0.05, 0.1) is 19.4 Å². The highest BCUT2D eigenvalue weighted by Crippen LogP contribution is 2.29. The predicted molar refractivity (Wildman–Crippen MR) is 77.0 cm³/mol. The van der Waals surface area contributed by atoms with Gasteiger partial charge >= 0.3 is 0 Å². The molecule has 1 amide bonds. The number of hydrazine groups is 1. The summed E-state index contributed by atoms with van der Waals surface area (Å²) in [6, 6.07) is 5.15. The Labute approximate surface area is 125 Å². The highest BCUT2D eigenvalue weighted by atomic mass is 32.1. The summed E-state index contributed by atoms with van der Waals surface area (Å²) >= 11 is 1.19. The smallest absolute Gasteiger partial charge is 0.294 e. The molecule has 0 unspecified atom stereocenters. The third kappa shape index (κ3) is 3.69.